The first-order chi connectivity index (χ1) is 29.3. The normalized spacial score (nSPS) is 10.3. The Bertz CT molecular complexity index is 2070. The lowest BCUT2D eigenvalue weighted by molar-refractivity contribution is -0.143. The zero-order chi connectivity index (χ0) is 46.9. The van der Waals surface area contributed by atoms with Crippen molar-refractivity contribution in [1.82, 2.24) is 40.6 Å². The number of nitrogen functional groups attached to an aromatic ring is 2. The highest BCUT2D eigenvalue weighted by molar-refractivity contribution is 6.44. The van der Waals surface area contributed by atoms with Crippen LogP contribution in [0.2, 0.25) is 20.1 Å². The predicted molar refractivity (Wildman–Crippen MR) is 235 cm³/mol. The summed E-state index contributed by atoms with van der Waals surface area (Å²) in [6.07, 6.45) is 0. The molecule has 27 heteroatoms. The zero-order valence-corrected chi connectivity index (χ0v) is 36.4. The molecule has 11 N–H and O–H groups in total. The molecule has 2 aromatic heterocycles. The average molecular weight is 933 g/mol. The lowest BCUT2D eigenvalue weighted by Crippen LogP contribution is -2.37. The lowest BCUT2D eigenvalue weighted by atomic mass is 10.1. The van der Waals surface area contributed by atoms with Gasteiger partial charge in [0.1, 0.15) is 37.8 Å². The molecule has 331 valence electrons. The summed E-state index contributed by atoms with van der Waals surface area (Å²) in [5.74, 6) is -1.54. The first kappa shape index (κ1) is 51.7. The van der Waals surface area contributed by atoms with Crippen LogP contribution in [-0.4, -0.2) is 159 Å². The van der Waals surface area contributed by atoms with Crippen molar-refractivity contribution in [3.63, 3.8) is 0 Å². The van der Waals surface area contributed by atoms with Crippen LogP contribution in [0.3, 0.4) is 0 Å². The van der Waals surface area contributed by atoms with Gasteiger partial charge in [-0.25, -0.2) is 4.79 Å². The number of aromatic nitrogens is 6. The molecule has 0 fully saturated rings. The third kappa shape index (κ3) is 18.8. The molecule has 0 spiro atoms. The summed E-state index contributed by atoms with van der Waals surface area (Å²) < 4.78 is 14.8. The number of carboxylic acid groups (broad SMARTS) is 1. The molecule has 1 radical (unpaired) electrons. The second kappa shape index (κ2) is 28.2. The summed E-state index contributed by atoms with van der Waals surface area (Å²) in [7, 11) is 7.36. The molecule has 0 bridgehead atoms. The molecule has 61 heavy (non-hydrogen) atoms. The highest BCUT2D eigenvalue weighted by atomic mass is 35.5. The fraction of sp³-hybridized carbons (Fsp3) is 0.353. The monoisotopic (exact) mass is 931 g/mol. The quantitative estimate of drug-likeness (QED) is 0.0659. The van der Waals surface area contributed by atoms with Gasteiger partial charge in [0, 0.05) is 59.8 Å². The number of anilines is 4. The molecular weight excluding hydrogens is 885 g/mol. The number of carboxylic acids is 1. The van der Waals surface area contributed by atoms with E-state index in [1.807, 2.05) is 19.0 Å². The molecule has 0 atom stereocenters. The van der Waals surface area contributed by atoms with Gasteiger partial charge in [-0.2, -0.15) is 9.97 Å². The van der Waals surface area contributed by atoms with E-state index in [9.17, 15) is 19.2 Å². The number of amides is 3. The van der Waals surface area contributed by atoms with E-state index in [1.165, 1.54) is 4.90 Å². The number of nitrogens with zero attached hydrogens (tertiary/aromatic N) is 9. The van der Waals surface area contributed by atoms with Crippen molar-refractivity contribution in [3.8, 4) is 22.5 Å². The van der Waals surface area contributed by atoms with E-state index in [1.54, 1.807) is 55.4 Å². The first-order valence-corrected chi connectivity index (χ1v) is 18.8. The highest BCUT2D eigenvalue weighted by Crippen LogP contribution is 2.35. The van der Waals surface area contributed by atoms with Gasteiger partial charge < -0.3 is 62.6 Å². The van der Waals surface area contributed by atoms with E-state index in [4.69, 9.17) is 79.8 Å². The Morgan fingerprint density at radius 2 is 1.16 bits per heavy atom. The summed E-state index contributed by atoms with van der Waals surface area (Å²) in [5.41, 5.74) is 23.5. The van der Waals surface area contributed by atoms with Crippen molar-refractivity contribution >= 4 is 102 Å². The molecule has 4 aromatic rings. The second-order valence-electron chi connectivity index (χ2n) is 12.0. The van der Waals surface area contributed by atoms with Crippen LogP contribution >= 0.6 is 46.4 Å². The minimum Gasteiger partial charge on any atom is -0.480 e. The number of carbonyl (C=O) groups is 4. The standard InChI is InChI=1S/C17H21Cl2N7O3.C13H16Cl2N6.C4H7NO4.BH2O/c1-25(13(28)9-29-8-12(20)27)6-7-26(2)17-22-16(21)15(23-24-17)10-4-3-5-11(18)14(10)19;1-17-6-7-21(2)13-18-12(16)11(19-20-13)8-4-3-5-9(14)10(8)15;5-3(6)1-9-2-4(7)8;1-2/h3-5H,6-9H2,1-2H3,(H2,20,27)(H2,21,22,24);3-5,17H,6-7H2,1-2H3,(H2,16,18,20);1-2H2,(H2,5,6)(H,7,8);1-2H/i;;;1T. The molecule has 2 heterocycles. The third-order valence-corrected chi connectivity index (χ3v) is 8.97. The SMILES string of the molecule is CN(CCN(C)c1nnc(-c2cccc(Cl)c2Cl)c(N)n1)C(=O)COCC(N)=O.CNCCN(C)c1nnc(-c2cccc(Cl)c2Cl)c(N)n1.NC(=O)COCC(=O)O.[3H][B]O. The minimum atomic E-state index is -1.11. The largest absolute Gasteiger partial charge is 0.480 e. The van der Waals surface area contributed by atoms with Crippen LogP contribution in [0.15, 0.2) is 36.4 Å². The van der Waals surface area contributed by atoms with Crippen molar-refractivity contribution in [2.75, 3.05) is 102 Å². The van der Waals surface area contributed by atoms with Crippen LogP contribution < -0.4 is 38.1 Å². The van der Waals surface area contributed by atoms with Crippen LogP contribution in [0.5, 0.6) is 0 Å². The van der Waals surface area contributed by atoms with E-state index in [0.29, 0.717) is 61.6 Å². The summed E-state index contributed by atoms with van der Waals surface area (Å²) in [6.45, 7) is 0.965. The topological polar surface area (TPSA) is 330 Å². The first-order valence-electron chi connectivity index (χ1n) is 17.8. The number of carbonyl (C=O) groups excluding carboxylic acids is 3. The second-order valence-corrected chi connectivity index (χ2v) is 13.5. The van der Waals surface area contributed by atoms with E-state index < -0.39 is 24.4 Å². The summed E-state index contributed by atoms with van der Waals surface area (Å²) in [4.78, 5) is 55.7. The van der Waals surface area contributed by atoms with Crippen LogP contribution in [0.1, 0.15) is 0 Å². The van der Waals surface area contributed by atoms with Gasteiger partial charge in [0.15, 0.2) is 11.6 Å². The molecule has 0 aliphatic carbocycles. The Kier molecular flexibility index (Phi) is 23.9. The van der Waals surface area contributed by atoms with Gasteiger partial charge >= 0.3 is 5.97 Å². The molecule has 3 amide bonds. The van der Waals surface area contributed by atoms with E-state index in [2.05, 4.69) is 46.2 Å². The molecule has 0 aliphatic rings. The van der Waals surface area contributed by atoms with Gasteiger partial charge in [-0.05, 0) is 19.2 Å². The van der Waals surface area contributed by atoms with Crippen molar-refractivity contribution < 1.29 is 38.8 Å². The number of nitrogens with one attached hydrogen (secondary N) is 1. The number of nitrogens with two attached hydrogens (primary N) is 4. The fourth-order valence-corrected chi connectivity index (χ4v) is 5.01. The zero-order valence-electron chi connectivity index (χ0n) is 34.4. The number of primary amides is 2. The van der Waals surface area contributed by atoms with Crippen molar-refractivity contribution in [2.24, 2.45) is 11.5 Å². The Hall–Kier alpha value is -5.40. The Labute approximate surface area is 373 Å². The maximum absolute atomic E-state index is 11.9. The van der Waals surface area contributed by atoms with Gasteiger partial charge in [-0.15, -0.1) is 20.4 Å². The molecule has 4 rings (SSSR count). The van der Waals surface area contributed by atoms with Gasteiger partial charge in [0.05, 0.1) is 20.1 Å². The third-order valence-electron chi connectivity index (χ3n) is 7.33. The number of hydrogen-bond donors (Lipinski definition) is 7. The smallest absolute Gasteiger partial charge is 0.329 e. The van der Waals surface area contributed by atoms with Gasteiger partial charge in [-0.3, -0.25) is 14.4 Å². The van der Waals surface area contributed by atoms with Crippen molar-refractivity contribution in [3.05, 3.63) is 56.5 Å². The van der Waals surface area contributed by atoms with E-state index >= 15 is 0 Å². The van der Waals surface area contributed by atoms with Crippen LogP contribution in [0.25, 0.3) is 22.5 Å². The lowest BCUT2D eigenvalue weighted by Gasteiger charge is -2.22. The maximum atomic E-state index is 11.9. The van der Waals surface area contributed by atoms with Crippen molar-refractivity contribution in [1.29, 1.82) is 1.34 Å². The highest BCUT2D eigenvalue weighted by Gasteiger charge is 2.18. The van der Waals surface area contributed by atoms with Gasteiger partial charge in [0.25, 0.3) is 8.01 Å². The summed E-state index contributed by atoms with van der Waals surface area (Å²) in [5, 5.41) is 36.1. The van der Waals surface area contributed by atoms with Gasteiger partial charge in [-0.1, -0.05) is 70.7 Å². The molecule has 0 saturated carbocycles. The molecule has 22 nitrogen and oxygen atoms in total. The van der Waals surface area contributed by atoms with Gasteiger partial charge in [0.2, 0.25) is 29.6 Å². The Morgan fingerprint density at radius 1 is 0.738 bits per heavy atom. The molecular formula is C34H46BCl4N14O8. The number of hydrogen-bond acceptors (Lipinski definition) is 18. The molecule has 0 saturated heterocycles. The number of ether oxygens (including phenoxy) is 2. The minimum absolute atomic E-state index is 0.148. The molecule has 0 aliphatic heterocycles. The average Bonchev–Trinajstić information content (AvgIpc) is 3.21. The van der Waals surface area contributed by atoms with Crippen LogP contribution in [0, 0.1) is 0 Å². The number of likely N-dealkylation sites (N-methyl/N-ethyl adjacent to an activating group) is 4. The van der Waals surface area contributed by atoms with E-state index in [0.717, 1.165) is 13.1 Å². The van der Waals surface area contributed by atoms with Crippen molar-refractivity contribution in [2.45, 2.75) is 0 Å². The Balaban J connectivity index is 0.000000505. The number of halogens is 4. The number of rotatable bonds is 18. The fourth-order valence-electron chi connectivity index (χ4n) is 4.23. The van der Waals surface area contributed by atoms with Crippen LogP contribution in [-0.2, 0) is 28.7 Å². The maximum Gasteiger partial charge on any atom is 0.329 e. The van der Waals surface area contributed by atoms with Crippen LogP contribution in [0.4, 0.5) is 23.5 Å². The molecule has 0 unspecified atom stereocenters. The number of benzene rings is 2. The Morgan fingerprint density at radius 3 is 1.56 bits per heavy atom. The molecule has 2 aromatic carbocycles. The predicted octanol–water partition coefficient (Wildman–Crippen LogP) is 0.275. The summed E-state index contributed by atoms with van der Waals surface area (Å²) >= 11 is 24.4. The number of aliphatic carboxylic acids is 1. The van der Waals surface area contributed by atoms with E-state index in [-0.39, 0.29) is 51.3 Å². The summed E-state index contributed by atoms with van der Waals surface area (Å²) in [6, 6.07) is 10.4.